The van der Waals surface area contributed by atoms with Crippen LogP contribution < -0.4 is 4.74 Å². The average molecular weight is 671 g/mol. The number of methoxy groups -OCH3 is 1. The Balaban J connectivity index is 0.000000458. The summed E-state index contributed by atoms with van der Waals surface area (Å²) in [5.74, 6) is 0.716. The van der Waals surface area contributed by atoms with Crippen molar-refractivity contribution in [3.8, 4) is 5.75 Å². The molecule has 4 rings (SSSR count). The van der Waals surface area contributed by atoms with Gasteiger partial charge >= 0.3 is 0 Å². The lowest BCUT2D eigenvalue weighted by molar-refractivity contribution is 0.148. The van der Waals surface area contributed by atoms with Gasteiger partial charge in [-0.1, -0.05) is 12.1 Å². The molecule has 12 nitrogen and oxygen atoms in total. The summed E-state index contributed by atoms with van der Waals surface area (Å²) in [5.41, 5.74) is 1.64. The molecule has 1 aliphatic heterocycles. The van der Waals surface area contributed by atoms with Crippen LogP contribution in [0.15, 0.2) is 58.0 Å². The lowest BCUT2D eigenvalue weighted by Crippen LogP contribution is -2.43. The summed E-state index contributed by atoms with van der Waals surface area (Å²) in [5, 5.41) is 0.902. The van der Waals surface area contributed by atoms with Gasteiger partial charge in [0.15, 0.2) is 0 Å². The van der Waals surface area contributed by atoms with Gasteiger partial charge in [0.05, 0.1) is 25.1 Å². The Morgan fingerprint density at radius 2 is 1.44 bits per heavy atom. The molecule has 0 spiro atoms. The number of hydrogen-bond acceptors (Lipinski definition) is 9. The normalized spacial score (nSPS) is 15.2. The molecule has 0 atom stereocenters. The van der Waals surface area contributed by atoms with Crippen molar-refractivity contribution in [2.45, 2.75) is 11.4 Å². The summed E-state index contributed by atoms with van der Waals surface area (Å²) >= 11 is 3.38. The summed E-state index contributed by atoms with van der Waals surface area (Å²) in [6.07, 6.45) is 3.19. The number of benzene rings is 2. The minimum atomic E-state index is -3.74. The maximum absolute atomic E-state index is 13.5. The quantitative estimate of drug-likeness (QED) is 0.383. The third-order valence-electron chi connectivity index (χ3n) is 5.42. The highest BCUT2D eigenvalue weighted by Crippen LogP contribution is 2.32. The van der Waals surface area contributed by atoms with Crippen LogP contribution in [0.2, 0.25) is 0 Å². The molecule has 16 heteroatoms. The monoisotopic (exact) mass is 669 g/mol. The van der Waals surface area contributed by atoms with Gasteiger partial charge in [-0.3, -0.25) is 14.0 Å². The predicted octanol–water partition coefficient (Wildman–Crippen LogP) is 2.40. The zero-order valence-electron chi connectivity index (χ0n) is 21.9. The van der Waals surface area contributed by atoms with E-state index in [1.807, 2.05) is 12.1 Å². The van der Waals surface area contributed by atoms with Crippen LogP contribution in [-0.4, -0.2) is 101 Å². The Kier molecular flexibility index (Phi) is 11.5. The maximum atomic E-state index is 13.5. The van der Waals surface area contributed by atoms with E-state index in [1.165, 1.54) is 3.97 Å². The van der Waals surface area contributed by atoms with Crippen molar-refractivity contribution < 1.29 is 39.1 Å². The van der Waals surface area contributed by atoms with E-state index in [2.05, 4.69) is 32.8 Å². The molecule has 1 saturated heterocycles. The molecule has 0 unspecified atom stereocenters. The zero-order chi connectivity index (χ0) is 29.6. The van der Waals surface area contributed by atoms with Crippen LogP contribution in [0.25, 0.3) is 10.9 Å². The molecule has 1 aromatic heterocycles. The Morgan fingerprint density at radius 1 is 0.897 bits per heavy atom. The lowest BCUT2D eigenvalue weighted by Gasteiger charge is -2.32. The number of piperazine rings is 1. The summed E-state index contributed by atoms with van der Waals surface area (Å²) in [4.78, 5) is 4.92. The van der Waals surface area contributed by atoms with Crippen molar-refractivity contribution in [2.24, 2.45) is 0 Å². The average Bonchev–Trinajstić information content (AvgIpc) is 3.17. The van der Waals surface area contributed by atoms with Crippen molar-refractivity contribution >= 4 is 57.1 Å². The van der Waals surface area contributed by atoms with E-state index >= 15 is 0 Å². The van der Waals surface area contributed by atoms with Crippen LogP contribution >= 0.6 is 15.9 Å². The molecule has 0 saturated carbocycles. The molecule has 2 N–H and O–H groups in total. The number of ether oxygens (including phenoxy) is 1. The number of fused-ring (bicyclic) bond motifs is 1. The largest absolute Gasteiger partial charge is 0.497 e. The first-order chi connectivity index (χ1) is 17.9. The van der Waals surface area contributed by atoms with Crippen molar-refractivity contribution in [3.05, 3.63) is 58.7 Å². The molecule has 0 aliphatic carbocycles. The first-order valence-corrected chi connectivity index (χ1v) is 17.3. The molecule has 39 heavy (non-hydrogen) atoms. The minimum absolute atomic E-state index is 0.249. The maximum Gasteiger partial charge on any atom is 0.269 e. The molecule has 2 aromatic carbocycles. The zero-order valence-corrected chi connectivity index (χ0v) is 25.9. The van der Waals surface area contributed by atoms with E-state index in [0.29, 0.717) is 34.8 Å². The van der Waals surface area contributed by atoms with Crippen molar-refractivity contribution in [2.75, 3.05) is 52.8 Å². The Hall–Kier alpha value is -2.05. The van der Waals surface area contributed by atoms with Gasteiger partial charge in [0.2, 0.25) is 0 Å². The van der Waals surface area contributed by atoms with Gasteiger partial charge in [-0.2, -0.15) is 16.8 Å². The molecule has 2 heterocycles. The molecule has 0 bridgehead atoms. The van der Waals surface area contributed by atoms with Crippen molar-refractivity contribution in [1.29, 1.82) is 0 Å². The third-order valence-corrected chi connectivity index (χ3v) is 8.11. The molecule has 0 radical (unpaired) electrons. The Labute approximate surface area is 237 Å². The molecule has 1 fully saturated rings. The fraction of sp³-hybridized carbons (Fsp3) is 0.391. The van der Waals surface area contributed by atoms with Gasteiger partial charge < -0.3 is 9.64 Å². The smallest absolute Gasteiger partial charge is 0.269 e. The summed E-state index contributed by atoms with van der Waals surface area (Å²) in [6, 6.07) is 12.4. The summed E-state index contributed by atoms with van der Waals surface area (Å²) < 4.78 is 86.0. The number of hydrogen-bond donors (Lipinski definition) is 2. The number of likely N-dealkylation sites (N-methyl/N-ethyl adjacent to an activating group) is 1. The second-order valence-electron chi connectivity index (χ2n) is 8.81. The molecule has 1 aliphatic rings. The van der Waals surface area contributed by atoms with Crippen molar-refractivity contribution in [3.63, 3.8) is 0 Å². The van der Waals surface area contributed by atoms with Gasteiger partial charge in [0.25, 0.3) is 30.3 Å². The van der Waals surface area contributed by atoms with E-state index in [1.54, 1.807) is 43.6 Å². The van der Waals surface area contributed by atoms with Gasteiger partial charge in [-0.15, -0.1) is 0 Å². The second kappa shape index (κ2) is 13.5. The van der Waals surface area contributed by atoms with E-state index < -0.39 is 30.3 Å². The van der Waals surface area contributed by atoms with Gasteiger partial charge in [0, 0.05) is 48.8 Å². The van der Waals surface area contributed by atoms with Crippen LogP contribution in [0.4, 0.5) is 0 Å². The highest BCUT2D eigenvalue weighted by molar-refractivity contribution is 9.10. The molecule has 0 amide bonds. The predicted molar refractivity (Wildman–Crippen MR) is 153 cm³/mol. The summed E-state index contributed by atoms with van der Waals surface area (Å²) in [6.45, 7) is 4.65. The number of nitrogens with zero attached hydrogens (tertiary/aromatic N) is 3. The SMILES string of the molecule is COc1ccc2c(c1)c(CN1CCN(C)CC1)cn2S(=O)(=O)c1ccccc1Br.CS(=O)(=O)O.CS(=O)(=O)O. The van der Waals surface area contributed by atoms with Crippen LogP contribution in [-0.2, 0) is 36.8 Å². The lowest BCUT2D eigenvalue weighted by atomic mass is 10.1. The number of aromatic nitrogens is 1. The Bertz CT molecular complexity index is 1550. The first kappa shape index (κ1) is 33.2. The van der Waals surface area contributed by atoms with Gasteiger partial charge in [-0.05, 0) is 58.9 Å². The molecule has 218 valence electrons. The van der Waals surface area contributed by atoms with E-state index in [-0.39, 0.29) is 4.90 Å². The topological polar surface area (TPSA) is 164 Å². The second-order valence-corrected chi connectivity index (χ2v) is 14.4. The third kappa shape index (κ3) is 10.8. The fourth-order valence-corrected chi connectivity index (χ4v) is 6.06. The van der Waals surface area contributed by atoms with Crippen LogP contribution in [0, 0.1) is 0 Å². The van der Waals surface area contributed by atoms with Crippen LogP contribution in [0.1, 0.15) is 5.56 Å². The Morgan fingerprint density at radius 3 is 1.95 bits per heavy atom. The van der Waals surface area contributed by atoms with E-state index in [4.69, 9.17) is 13.8 Å². The van der Waals surface area contributed by atoms with Gasteiger partial charge in [0.1, 0.15) is 10.6 Å². The van der Waals surface area contributed by atoms with E-state index in [9.17, 15) is 25.3 Å². The molecule has 3 aromatic rings. The van der Waals surface area contributed by atoms with Gasteiger partial charge in [-0.25, -0.2) is 12.4 Å². The highest BCUT2D eigenvalue weighted by Gasteiger charge is 2.25. The van der Waals surface area contributed by atoms with E-state index in [0.717, 1.165) is 37.1 Å². The minimum Gasteiger partial charge on any atom is -0.497 e. The number of halogens is 1. The van der Waals surface area contributed by atoms with Crippen LogP contribution in [0.5, 0.6) is 5.75 Å². The number of rotatable bonds is 5. The van der Waals surface area contributed by atoms with Crippen molar-refractivity contribution in [1.82, 2.24) is 13.8 Å². The van der Waals surface area contributed by atoms with Crippen LogP contribution in [0.3, 0.4) is 0 Å². The summed E-state index contributed by atoms with van der Waals surface area (Å²) in [7, 11) is -7.33. The standard InChI is InChI=1S/C21H24BrN3O3S.2CH4O3S/c1-23-9-11-24(12-10-23)14-16-15-25(20-8-7-17(28-2)13-18(16)20)29(26,27)21-6-4-3-5-19(21)22;2*1-5(2,3)4/h3-8,13,15H,9-12,14H2,1-2H3;2*1H3,(H,2,3,4). The highest BCUT2D eigenvalue weighted by atomic mass is 79.9. The molecular weight excluding hydrogens is 638 g/mol. The molecular formula is C23H32BrN3O9S3. The fourth-order valence-electron chi connectivity index (χ4n) is 3.70. The first-order valence-electron chi connectivity index (χ1n) is 11.3.